The maximum atomic E-state index is 12.5. The first-order chi connectivity index (χ1) is 16.2. The van der Waals surface area contributed by atoms with Crippen LogP contribution in [-0.2, 0) is 11.4 Å². The van der Waals surface area contributed by atoms with Gasteiger partial charge in [-0.3, -0.25) is 4.79 Å². The fraction of sp³-hybridized carbons (Fsp3) is 0.0833. The maximum Gasteiger partial charge on any atom is 0.264 e. The van der Waals surface area contributed by atoms with Gasteiger partial charge in [0.05, 0.1) is 30.7 Å². The standard InChI is InChI=1S/C24H15Cl5N2O2S/c1-12-15(25)3-2-4-20(12)30-24-31-23(32)21(34-24)10-14-8-18(28)22(19(29)9-14)33-11-13-5-6-16(26)17(27)7-13/h2-10H,11H2,1H3,(H,30,31,32)/b21-10+. The van der Waals surface area contributed by atoms with E-state index >= 15 is 0 Å². The van der Waals surface area contributed by atoms with Gasteiger partial charge in [0.2, 0.25) is 0 Å². The van der Waals surface area contributed by atoms with Crippen LogP contribution in [0.25, 0.3) is 6.08 Å². The Bertz CT molecular complexity index is 1330. The first-order valence-electron chi connectivity index (χ1n) is 9.81. The fourth-order valence-electron chi connectivity index (χ4n) is 3.04. The predicted molar refractivity (Wildman–Crippen MR) is 144 cm³/mol. The molecule has 1 fully saturated rings. The smallest absolute Gasteiger partial charge is 0.264 e. The van der Waals surface area contributed by atoms with E-state index in [9.17, 15) is 4.79 Å². The minimum atomic E-state index is -0.268. The van der Waals surface area contributed by atoms with Crippen LogP contribution in [0.3, 0.4) is 0 Å². The van der Waals surface area contributed by atoms with Gasteiger partial charge in [-0.2, -0.15) is 0 Å². The minimum Gasteiger partial charge on any atom is -0.486 e. The molecule has 1 saturated heterocycles. The Labute approximate surface area is 225 Å². The van der Waals surface area contributed by atoms with Crippen molar-refractivity contribution in [3.8, 4) is 5.75 Å². The van der Waals surface area contributed by atoms with Gasteiger partial charge in [-0.1, -0.05) is 70.1 Å². The first-order valence-corrected chi connectivity index (χ1v) is 12.5. The molecule has 0 aromatic heterocycles. The number of carbonyl (C=O) groups is 1. The summed E-state index contributed by atoms with van der Waals surface area (Å²) in [5.41, 5.74) is 2.98. The number of ether oxygens (including phenoxy) is 1. The molecule has 3 aromatic carbocycles. The third-order valence-electron chi connectivity index (χ3n) is 4.80. The number of thioether (sulfide) groups is 1. The van der Waals surface area contributed by atoms with Gasteiger partial charge in [0.1, 0.15) is 6.61 Å². The molecule has 0 aliphatic carbocycles. The second-order valence-electron chi connectivity index (χ2n) is 7.22. The van der Waals surface area contributed by atoms with E-state index in [1.54, 1.807) is 42.5 Å². The van der Waals surface area contributed by atoms with Crippen molar-refractivity contribution in [2.45, 2.75) is 13.5 Å². The molecule has 1 heterocycles. The Morgan fingerprint density at radius 1 is 0.941 bits per heavy atom. The summed E-state index contributed by atoms with van der Waals surface area (Å²) in [5, 5.41) is 5.34. The largest absolute Gasteiger partial charge is 0.486 e. The van der Waals surface area contributed by atoms with Crippen molar-refractivity contribution in [1.29, 1.82) is 0 Å². The number of nitrogens with one attached hydrogen (secondary N) is 1. The van der Waals surface area contributed by atoms with Crippen LogP contribution in [0.5, 0.6) is 5.75 Å². The Hall–Kier alpha value is -1.86. The molecule has 1 amide bonds. The van der Waals surface area contributed by atoms with Gasteiger partial charge in [0, 0.05) is 5.02 Å². The molecule has 0 spiro atoms. The average Bonchev–Trinajstić information content (AvgIpc) is 3.12. The number of aliphatic imine (C=N–C) groups is 1. The van der Waals surface area contributed by atoms with Crippen LogP contribution < -0.4 is 10.1 Å². The number of carbonyl (C=O) groups excluding carboxylic acids is 1. The first kappa shape index (κ1) is 25.2. The summed E-state index contributed by atoms with van der Waals surface area (Å²) in [4.78, 5) is 17.4. The predicted octanol–water partition coefficient (Wildman–Crippen LogP) is 8.73. The van der Waals surface area contributed by atoms with E-state index in [0.29, 0.717) is 52.2 Å². The number of hydrogen-bond donors (Lipinski definition) is 1. The minimum absolute atomic E-state index is 0.206. The molecule has 174 valence electrons. The van der Waals surface area contributed by atoms with Crippen molar-refractivity contribution in [3.63, 3.8) is 0 Å². The number of hydrogen-bond acceptors (Lipinski definition) is 4. The van der Waals surface area contributed by atoms with Gasteiger partial charge in [-0.05, 0) is 77.9 Å². The number of halogens is 5. The van der Waals surface area contributed by atoms with E-state index in [1.807, 2.05) is 19.1 Å². The van der Waals surface area contributed by atoms with Gasteiger partial charge in [-0.25, -0.2) is 4.99 Å². The van der Waals surface area contributed by atoms with Crippen molar-refractivity contribution in [3.05, 3.63) is 95.2 Å². The van der Waals surface area contributed by atoms with Crippen molar-refractivity contribution in [2.24, 2.45) is 4.99 Å². The van der Waals surface area contributed by atoms with Gasteiger partial charge in [0.15, 0.2) is 10.9 Å². The molecule has 4 nitrogen and oxygen atoms in total. The number of amides is 1. The zero-order chi connectivity index (χ0) is 24.4. The fourth-order valence-corrected chi connectivity index (χ4v) is 4.98. The zero-order valence-electron chi connectivity index (χ0n) is 17.5. The lowest BCUT2D eigenvalue weighted by atomic mass is 10.2. The summed E-state index contributed by atoms with van der Waals surface area (Å²) in [6.45, 7) is 2.08. The lowest BCUT2D eigenvalue weighted by Crippen LogP contribution is -2.19. The summed E-state index contributed by atoms with van der Waals surface area (Å²) in [5.74, 6) is 0.0642. The number of rotatable bonds is 5. The highest BCUT2D eigenvalue weighted by Crippen LogP contribution is 2.37. The monoisotopic (exact) mass is 570 g/mol. The maximum absolute atomic E-state index is 12.5. The molecular formula is C24H15Cl5N2O2S. The molecule has 1 aliphatic heterocycles. The molecular weight excluding hydrogens is 558 g/mol. The average molecular weight is 573 g/mol. The Morgan fingerprint density at radius 3 is 2.38 bits per heavy atom. The lowest BCUT2D eigenvalue weighted by molar-refractivity contribution is -0.115. The second kappa shape index (κ2) is 10.8. The SMILES string of the molecule is Cc1c(Cl)cccc1N=C1NC(=O)/C(=C\c2cc(Cl)c(OCc3ccc(Cl)c(Cl)c3)c(Cl)c2)S1. The van der Waals surface area contributed by atoms with Gasteiger partial charge in [0.25, 0.3) is 5.91 Å². The van der Waals surface area contributed by atoms with Gasteiger partial charge < -0.3 is 10.1 Å². The zero-order valence-corrected chi connectivity index (χ0v) is 22.1. The van der Waals surface area contributed by atoms with Crippen molar-refractivity contribution in [1.82, 2.24) is 5.32 Å². The van der Waals surface area contributed by atoms with E-state index in [2.05, 4.69) is 10.3 Å². The molecule has 3 aromatic rings. The van der Waals surface area contributed by atoms with Gasteiger partial charge in [-0.15, -0.1) is 0 Å². The lowest BCUT2D eigenvalue weighted by Gasteiger charge is -2.11. The normalized spacial score (nSPS) is 15.8. The summed E-state index contributed by atoms with van der Waals surface area (Å²) in [6.07, 6.45) is 1.69. The highest BCUT2D eigenvalue weighted by atomic mass is 35.5. The molecule has 0 radical (unpaired) electrons. The third-order valence-corrected chi connectivity index (χ3v) is 7.42. The quantitative estimate of drug-likeness (QED) is 0.311. The van der Waals surface area contributed by atoms with E-state index in [1.165, 1.54) is 11.8 Å². The Kier molecular flexibility index (Phi) is 8.03. The van der Waals surface area contributed by atoms with Crippen LogP contribution in [0.15, 0.2) is 58.4 Å². The molecule has 34 heavy (non-hydrogen) atoms. The van der Waals surface area contributed by atoms with Crippen LogP contribution in [0.4, 0.5) is 5.69 Å². The molecule has 0 saturated carbocycles. The number of nitrogens with zero attached hydrogens (tertiary/aromatic N) is 1. The summed E-state index contributed by atoms with van der Waals surface area (Å²) >= 11 is 32.2. The molecule has 1 aliphatic rings. The molecule has 0 bridgehead atoms. The summed E-state index contributed by atoms with van der Waals surface area (Å²) < 4.78 is 5.80. The van der Waals surface area contributed by atoms with Crippen LogP contribution >= 0.6 is 69.8 Å². The molecule has 0 unspecified atom stereocenters. The van der Waals surface area contributed by atoms with Crippen molar-refractivity contribution < 1.29 is 9.53 Å². The van der Waals surface area contributed by atoms with E-state index in [0.717, 1.165) is 11.1 Å². The molecule has 0 atom stereocenters. The van der Waals surface area contributed by atoms with Crippen molar-refractivity contribution >= 4 is 92.6 Å². The second-order valence-corrected chi connectivity index (χ2v) is 10.3. The number of benzene rings is 3. The van der Waals surface area contributed by atoms with Crippen LogP contribution in [0.2, 0.25) is 25.1 Å². The van der Waals surface area contributed by atoms with Crippen LogP contribution in [0, 0.1) is 6.92 Å². The van der Waals surface area contributed by atoms with E-state index in [4.69, 9.17) is 62.7 Å². The van der Waals surface area contributed by atoms with E-state index < -0.39 is 0 Å². The highest BCUT2D eigenvalue weighted by molar-refractivity contribution is 8.18. The van der Waals surface area contributed by atoms with E-state index in [-0.39, 0.29) is 12.5 Å². The summed E-state index contributed by atoms with van der Waals surface area (Å²) in [6, 6.07) is 14.0. The Morgan fingerprint density at radius 2 is 1.68 bits per heavy atom. The third kappa shape index (κ3) is 5.85. The van der Waals surface area contributed by atoms with Crippen LogP contribution in [-0.4, -0.2) is 11.1 Å². The molecule has 1 N–H and O–H groups in total. The van der Waals surface area contributed by atoms with Crippen molar-refractivity contribution in [2.75, 3.05) is 0 Å². The number of amidine groups is 1. The topological polar surface area (TPSA) is 50.7 Å². The highest BCUT2D eigenvalue weighted by Gasteiger charge is 2.24. The Balaban J connectivity index is 1.51. The van der Waals surface area contributed by atoms with Crippen LogP contribution in [0.1, 0.15) is 16.7 Å². The molecule has 4 rings (SSSR count). The summed E-state index contributed by atoms with van der Waals surface area (Å²) in [7, 11) is 0. The van der Waals surface area contributed by atoms with Gasteiger partial charge >= 0.3 is 0 Å². The molecule has 10 heteroatoms.